The highest BCUT2D eigenvalue weighted by atomic mass is 32.2. The van der Waals surface area contributed by atoms with Gasteiger partial charge in [-0.15, -0.1) is 0 Å². The summed E-state index contributed by atoms with van der Waals surface area (Å²) >= 11 is 1.59. The molecule has 0 aliphatic heterocycles. The summed E-state index contributed by atoms with van der Waals surface area (Å²) in [5.74, 6) is -1.68. The number of nitrogens with zero attached hydrogens (tertiary/aromatic N) is 2. The molecule has 1 N–H and O–H groups in total. The van der Waals surface area contributed by atoms with E-state index in [0.29, 0.717) is 17.7 Å². The van der Waals surface area contributed by atoms with Crippen molar-refractivity contribution >= 4 is 23.4 Å². The Morgan fingerprint density at radius 1 is 1.35 bits per heavy atom. The topological polar surface area (TPSA) is 68.0 Å². The molecule has 1 atom stereocenters. The molecule has 0 bridgehead atoms. The molecule has 5 nitrogen and oxygen atoms in total. The number of benzene rings is 1. The van der Waals surface area contributed by atoms with E-state index >= 15 is 0 Å². The van der Waals surface area contributed by atoms with Crippen LogP contribution in [0.1, 0.15) is 19.2 Å². The minimum absolute atomic E-state index is 0.126. The van der Waals surface area contributed by atoms with E-state index < -0.39 is 12.1 Å². The summed E-state index contributed by atoms with van der Waals surface area (Å²) in [4.78, 5) is 15.1. The van der Waals surface area contributed by atoms with Crippen LogP contribution in [0.15, 0.2) is 28.8 Å². The Balaban J connectivity index is 2.05. The molecule has 0 saturated heterocycles. The number of alkyl halides is 3. The molecule has 0 radical (unpaired) electrons. The number of rotatable bonds is 5. The number of nitrogens with one attached hydrogen (secondary N) is 1. The SMILES string of the molecule is CS[C@@H](C)CC(=O)Nc1ccc(-c2noc(C(F)(F)F)n2)cc1. The average molecular weight is 345 g/mol. The minimum Gasteiger partial charge on any atom is -0.329 e. The summed E-state index contributed by atoms with van der Waals surface area (Å²) in [7, 11) is 0. The van der Waals surface area contributed by atoms with Gasteiger partial charge in [-0.2, -0.15) is 29.9 Å². The van der Waals surface area contributed by atoms with Crippen LogP contribution in [0.25, 0.3) is 11.4 Å². The van der Waals surface area contributed by atoms with Gasteiger partial charge in [-0.05, 0) is 30.5 Å². The van der Waals surface area contributed by atoms with E-state index in [0.717, 1.165) is 0 Å². The maximum Gasteiger partial charge on any atom is 0.471 e. The first-order chi connectivity index (χ1) is 10.8. The molecular formula is C14H14F3N3O2S. The standard InChI is InChI=1S/C14H14F3N3O2S/c1-8(23-2)7-11(21)18-10-5-3-9(4-6-10)12-19-13(22-20-12)14(15,16)17/h3-6,8H,7H2,1-2H3,(H,18,21)/t8-/m0/s1. The molecule has 2 aromatic rings. The fourth-order valence-corrected chi connectivity index (χ4v) is 2.03. The van der Waals surface area contributed by atoms with Gasteiger partial charge in [0.15, 0.2) is 0 Å². The van der Waals surface area contributed by atoms with Gasteiger partial charge in [0.05, 0.1) is 0 Å². The van der Waals surface area contributed by atoms with Crippen molar-refractivity contribution in [1.82, 2.24) is 10.1 Å². The van der Waals surface area contributed by atoms with Gasteiger partial charge >= 0.3 is 12.1 Å². The number of amides is 1. The van der Waals surface area contributed by atoms with Gasteiger partial charge in [0.2, 0.25) is 11.7 Å². The first-order valence-corrected chi connectivity index (χ1v) is 7.92. The smallest absolute Gasteiger partial charge is 0.329 e. The average Bonchev–Trinajstić information content (AvgIpc) is 2.97. The zero-order valence-electron chi connectivity index (χ0n) is 12.3. The molecule has 0 saturated carbocycles. The Bertz CT molecular complexity index is 671. The maximum absolute atomic E-state index is 12.4. The van der Waals surface area contributed by atoms with Crippen LogP contribution in [0.2, 0.25) is 0 Å². The van der Waals surface area contributed by atoms with E-state index in [9.17, 15) is 18.0 Å². The molecule has 1 aromatic carbocycles. The molecule has 2 rings (SSSR count). The van der Waals surface area contributed by atoms with Crippen molar-refractivity contribution in [2.75, 3.05) is 11.6 Å². The molecule has 0 fully saturated rings. The third kappa shape index (κ3) is 4.72. The number of hydrogen-bond donors (Lipinski definition) is 1. The molecule has 124 valence electrons. The third-order valence-corrected chi connectivity index (χ3v) is 3.94. The van der Waals surface area contributed by atoms with Gasteiger partial charge in [0.25, 0.3) is 0 Å². The van der Waals surface area contributed by atoms with Crippen molar-refractivity contribution in [3.05, 3.63) is 30.2 Å². The van der Waals surface area contributed by atoms with E-state index in [4.69, 9.17) is 0 Å². The van der Waals surface area contributed by atoms with Crippen LogP contribution in [-0.2, 0) is 11.0 Å². The summed E-state index contributed by atoms with van der Waals surface area (Å²) in [6, 6.07) is 6.17. The number of hydrogen-bond acceptors (Lipinski definition) is 5. The molecule has 0 aliphatic rings. The largest absolute Gasteiger partial charge is 0.471 e. The van der Waals surface area contributed by atoms with E-state index in [1.54, 1.807) is 23.9 Å². The summed E-state index contributed by atoms with van der Waals surface area (Å²) < 4.78 is 41.4. The van der Waals surface area contributed by atoms with Gasteiger partial charge in [0.1, 0.15) is 0 Å². The molecule has 1 heterocycles. The van der Waals surface area contributed by atoms with Crippen LogP contribution in [0, 0.1) is 0 Å². The second kappa shape index (κ2) is 7.03. The number of carbonyl (C=O) groups excluding carboxylic acids is 1. The Morgan fingerprint density at radius 2 is 2.00 bits per heavy atom. The zero-order valence-corrected chi connectivity index (χ0v) is 13.2. The molecule has 1 amide bonds. The van der Waals surface area contributed by atoms with E-state index in [1.165, 1.54) is 12.1 Å². The molecule has 0 spiro atoms. The number of carbonyl (C=O) groups is 1. The van der Waals surface area contributed by atoms with Crippen LogP contribution in [0.4, 0.5) is 18.9 Å². The summed E-state index contributed by atoms with van der Waals surface area (Å²) in [5.41, 5.74) is 0.909. The van der Waals surface area contributed by atoms with Crippen LogP contribution in [0.3, 0.4) is 0 Å². The van der Waals surface area contributed by atoms with E-state index in [1.807, 2.05) is 13.2 Å². The number of anilines is 1. The highest BCUT2D eigenvalue weighted by Crippen LogP contribution is 2.29. The van der Waals surface area contributed by atoms with Crippen LogP contribution in [0.5, 0.6) is 0 Å². The lowest BCUT2D eigenvalue weighted by atomic mass is 10.2. The quantitative estimate of drug-likeness (QED) is 0.892. The molecule has 1 aromatic heterocycles. The lowest BCUT2D eigenvalue weighted by molar-refractivity contribution is -0.159. The molecule has 23 heavy (non-hydrogen) atoms. The summed E-state index contributed by atoms with van der Waals surface area (Å²) in [6.45, 7) is 1.95. The molecular weight excluding hydrogens is 331 g/mol. The minimum atomic E-state index is -4.67. The first kappa shape index (κ1) is 17.3. The first-order valence-electron chi connectivity index (χ1n) is 6.63. The lowest BCUT2D eigenvalue weighted by Crippen LogP contribution is -2.15. The van der Waals surface area contributed by atoms with Crippen molar-refractivity contribution in [1.29, 1.82) is 0 Å². The van der Waals surface area contributed by atoms with Gasteiger partial charge in [0, 0.05) is 22.9 Å². The normalized spacial score (nSPS) is 12.9. The summed E-state index contributed by atoms with van der Waals surface area (Å²) in [6.07, 6.45) is -2.37. The second-order valence-corrected chi connectivity index (χ2v) is 6.07. The molecule has 0 unspecified atom stereocenters. The fraction of sp³-hybridized carbons (Fsp3) is 0.357. The van der Waals surface area contributed by atoms with Crippen LogP contribution in [-0.4, -0.2) is 27.6 Å². The Labute approximate surface area is 134 Å². The van der Waals surface area contributed by atoms with Crippen molar-refractivity contribution < 1.29 is 22.5 Å². The lowest BCUT2D eigenvalue weighted by Gasteiger charge is -2.09. The Morgan fingerprint density at radius 3 is 2.52 bits per heavy atom. The monoisotopic (exact) mass is 345 g/mol. The van der Waals surface area contributed by atoms with Crippen molar-refractivity contribution in [2.24, 2.45) is 0 Å². The third-order valence-electron chi connectivity index (χ3n) is 2.97. The van der Waals surface area contributed by atoms with Crippen LogP contribution < -0.4 is 5.32 Å². The molecule has 9 heteroatoms. The van der Waals surface area contributed by atoms with E-state index in [2.05, 4.69) is 20.0 Å². The van der Waals surface area contributed by atoms with Crippen LogP contribution >= 0.6 is 11.8 Å². The van der Waals surface area contributed by atoms with Crippen molar-refractivity contribution in [2.45, 2.75) is 24.8 Å². The Kier molecular flexibility index (Phi) is 5.30. The predicted molar refractivity (Wildman–Crippen MR) is 81.0 cm³/mol. The highest BCUT2D eigenvalue weighted by Gasteiger charge is 2.38. The zero-order chi connectivity index (χ0) is 17.0. The highest BCUT2D eigenvalue weighted by molar-refractivity contribution is 7.99. The van der Waals surface area contributed by atoms with Gasteiger partial charge in [-0.3, -0.25) is 4.79 Å². The Hall–Kier alpha value is -2.03. The number of aromatic nitrogens is 2. The van der Waals surface area contributed by atoms with Crippen molar-refractivity contribution in [3.63, 3.8) is 0 Å². The van der Waals surface area contributed by atoms with E-state index in [-0.39, 0.29) is 17.0 Å². The fourth-order valence-electron chi connectivity index (χ4n) is 1.71. The second-order valence-electron chi connectivity index (χ2n) is 4.80. The number of thioether (sulfide) groups is 1. The van der Waals surface area contributed by atoms with Crippen molar-refractivity contribution in [3.8, 4) is 11.4 Å². The predicted octanol–water partition coefficient (Wildman–Crippen LogP) is 3.84. The molecule has 0 aliphatic carbocycles. The summed E-state index contributed by atoms with van der Waals surface area (Å²) in [5, 5.41) is 6.22. The maximum atomic E-state index is 12.4. The van der Waals surface area contributed by atoms with Gasteiger partial charge < -0.3 is 9.84 Å². The van der Waals surface area contributed by atoms with Gasteiger partial charge in [-0.1, -0.05) is 12.1 Å². The van der Waals surface area contributed by atoms with Gasteiger partial charge in [-0.25, -0.2) is 0 Å². The number of halogens is 3.